The van der Waals surface area contributed by atoms with Crippen molar-refractivity contribution in [2.45, 2.75) is 24.3 Å². The molecule has 4 aromatic rings. The van der Waals surface area contributed by atoms with Crippen LogP contribution in [0.4, 0.5) is 11.4 Å². The first-order valence-electron chi connectivity index (χ1n) is 9.49. The fourth-order valence-corrected chi connectivity index (χ4v) is 4.35. The van der Waals surface area contributed by atoms with E-state index in [1.807, 2.05) is 85.1 Å². The first-order chi connectivity index (χ1) is 14.4. The highest BCUT2D eigenvalue weighted by Crippen LogP contribution is 2.31. The Morgan fingerprint density at radius 1 is 1.13 bits per heavy atom. The second-order valence-electron chi connectivity index (χ2n) is 7.04. The van der Waals surface area contributed by atoms with E-state index in [1.165, 1.54) is 11.8 Å². The number of aryl methyl sites for hydroxylation is 1. The SMILES string of the molecule is Cc1ccc(NC(=O)C(C)Sc2nc3ccccc3n2-c2ccc(N)cc2)c(Cl)c1. The van der Waals surface area contributed by atoms with Crippen molar-refractivity contribution in [2.75, 3.05) is 11.1 Å². The van der Waals surface area contributed by atoms with Crippen LogP contribution in [0.1, 0.15) is 12.5 Å². The standard InChI is InChI=1S/C23H21ClN4OS/c1-14-7-12-19(18(24)13-14)26-22(29)15(2)30-23-27-20-5-3-4-6-21(20)28(23)17-10-8-16(25)9-11-17/h3-13,15H,25H2,1-2H3,(H,26,29). The summed E-state index contributed by atoms with van der Waals surface area (Å²) in [5, 5.41) is 3.79. The van der Waals surface area contributed by atoms with E-state index in [0.717, 1.165) is 27.4 Å². The molecule has 1 amide bonds. The number of nitrogens with two attached hydrogens (primary N) is 1. The number of thioether (sulfide) groups is 1. The highest BCUT2D eigenvalue weighted by Gasteiger charge is 2.21. The van der Waals surface area contributed by atoms with Gasteiger partial charge in [0.2, 0.25) is 5.91 Å². The van der Waals surface area contributed by atoms with Crippen molar-refractivity contribution in [3.05, 3.63) is 77.3 Å². The van der Waals surface area contributed by atoms with Gasteiger partial charge in [-0.2, -0.15) is 0 Å². The van der Waals surface area contributed by atoms with Crippen molar-refractivity contribution in [1.82, 2.24) is 9.55 Å². The van der Waals surface area contributed by atoms with Crippen molar-refractivity contribution in [1.29, 1.82) is 0 Å². The molecule has 3 aromatic carbocycles. The average molecular weight is 437 g/mol. The molecule has 0 spiro atoms. The van der Waals surface area contributed by atoms with E-state index in [4.69, 9.17) is 22.3 Å². The molecule has 30 heavy (non-hydrogen) atoms. The minimum absolute atomic E-state index is 0.137. The number of hydrogen-bond donors (Lipinski definition) is 2. The van der Waals surface area contributed by atoms with Crippen LogP contribution in [0.15, 0.2) is 71.9 Å². The fraction of sp³-hybridized carbons (Fsp3) is 0.130. The number of fused-ring (bicyclic) bond motifs is 1. The molecule has 1 unspecified atom stereocenters. The Bertz CT molecular complexity index is 1220. The number of rotatable bonds is 5. The zero-order chi connectivity index (χ0) is 21.3. The molecule has 1 aromatic heterocycles. The highest BCUT2D eigenvalue weighted by molar-refractivity contribution is 8.00. The summed E-state index contributed by atoms with van der Waals surface area (Å²) >= 11 is 7.66. The number of nitrogen functional groups attached to an aromatic ring is 1. The van der Waals surface area contributed by atoms with Crippen LogP contribution in [-0.2, 0) is 4.79 Å². The van der Waals surface area contributed by atoms with Gasteiger partial charge in [-0.1, -0.05) is 41.6 Å². The van der Waals surface area contributed by atoms with Gasteiger partial charge in [-0.15, -0.1) is 0 Å². The lowest BCUT2D eigenvalue weighted by Crippen LogP contribution is -2.23. The van der Waals surface area contributed by atoms with Crippen molar-refractivity contribution >= 4 is 51.7 Å². The maximum atomic E-state index is 12.8. The molecule has 1 atom stereocenters. The van der Waals surface area contributed by atoms with E-state index in [9.17, 15) is 4.79 Å². The Morgan fingerprint density at radius 2 is 1.87 bits per heavy atom. The lowest BCUT2D eigenvalue weighted by molar-refractivity contribution is -0.115. The normalized spacial score (nSPS) is 12.1. The molecule has 152 valence electrons. The maximum Gasteiger partial charge on any atom is 0.237 e. The van der Waals surface area contributed by atoms with Gasteiger partial charge in [0, 0.05) is 11.4 Å². The smallest absolute Gasteiger partial charge is 0.237 e. The monoisotopic (exact) mass is 436 g/mol. The molecule has 4 rings (SSSR count). The van der Waals surface area contributed by atoms with Gasteiger partial charge in [-0.25, -0.2) is 4.98 Å². The lowest BCUT2D eigenvalue weighted by Gasteiger charge is -2.14. The summed E-state index contributed by atoms with van der Waals surface area (Å²) in [6.07, 6.45) is 0. The molecule has 0 fully saturated rings. The summed E-state index contributed by atoms with van der Waals surface area (Å²) in [4.78, 5) is 17.6. The number of nitrogens with one attached hydrogen (secondary N) is 1. The van der Waals surface area contributed by atoms with E-state index in [1.54, 1.807) is 0 Å². The van der Waals surface area contributed by atoms with E-state index in [-0.39, 0.29) is 11.2 Å². The third-order valence-electron chi connectivity index (χ3n) is 4.72. The molecular formula is C23H21ClN4OS. The molecule has 0 aliphatic rings. The number of aromatic nitrogens is 2. The second kappa shape index (κ2) is 8.42. The van der Waals surface area contributed by atoms with Crippen molar-refractivity contribution < 1.29 is 4.79 Å². The number of imidazole rings is 1. The van der Waals surface area contributed by atoms with E-state index >= 15 is 0 Å². The first kappa shape index (κ1) is 20.3. The largest absolute Gasteiger partial charge is 0.399 e. The highest BCUT2D eigenvalue weighted by atomic mass is 35.5. The fourth-order valence-electron chi connectivity index (χ4n) is 3.12. The number of hydrogen-bond acceptors (Lipinski definition) is 4. The Kier molecular flexibility index (Phi) is 5.70. The summed E-state index contributed by atoms with van der Waals surface area (Å²) in [5.41, 5.74) is 11.0. The topological polar surface area (TPSA) is 72.9 Å². The van der Waals surface area contributed by atoms with Gasteiger partial charge in [0.05, 0.1) is 27.0 Å². The van der Waals surface area contributed by atoms with Crippen LogP contribution in [0.2, 0.25) is 5.02 Å². The van der Waals surface area contributed by atoms with Crippen molar-refractivity contribution in [3.8, 4) is 5.69 Å². The Hall–Kier alpha value is -2.96. The number of carbonyl (C=O) groups is 1. The zero-order valence-electron chi connectivity index (χ0n) is 16.6. The molecule has 7 heteroatoms. The minimum Gasteiger partial charge on any atom is -0.399 e. The molecule has 0 aliphatic heterocycles. The van der Waals surface area contributed by atoms with Gasteiger partial charge in [0.25, 0.3) is 0 Å². The van der Waals surface area contributed by atoms with Crippen molar-refractivity contribution in [3.63, 3.8) is 0 Å². The van der Waals surface area contributed by atoms with Crippen LogP contribution >= 0.6 is 23.4 Å². The maximum absolute atomic E-state index is 12.8. The van der Waals surface area contributed by atoms with Gasteiger partial charge >= 0.3 is 0 Å². The van der Waals surface area contributed by atoms with Crippen molar-refractivity contribution in [2.24, 2.45) is 0 Å². The third-order valence-corrected chi connectivity index (χ3v) is 6.08. The Labute approximate surface area is 184 Å². The third kappa shape index (κ3) is 4.15. The average Bonchev–Trinajstić information content (AvgIpc) is 3.08. The first-order valence-corrected chi connectivity index (χ1v) is 10.8. The van der Waals surface area contributed by atoms with Gasteiger partial charge < -0.3 is 11.1 Å². The van der Waals surface area contributed by atoms with Crippen LogP contribution < -0.4 is 11.1 Å². The molecule has 3 N–H and O–H groups in total. The molecule has 0 aliphatic carbocycles. The van der Waals surface area contributed by atoms with E-state index in [2.05, 4.69) is 5.32 Å². The van der Waals surface area contributed by atoms with Gasteiger partial charge in [0.15, 0.2) is 5.16 Å². The van der Waals surface area contributed by atoms with Gasteiger partial charge in [0.1, 0.15) is 0 Å². The summed E-state index contributed by atoms with van der Waals surface area (Å²) in [6, 6.07) is 21.1. The van der Waals surface area contributed by atoms with Crippen LogP contribution in [0.3, 0.4) is 0 Å². The number of amides is 1. The molecule has 0 saturated heterocycles. The summed E-state index contributed by atoms with van der Waals surface area (Å²) < 4.78 is 2.04. The number of anilines is 2. The van der Waals surface area contributed by atoms with Crippen LogP contribution in [-0.4, -0.2) is 20.7 Å². The van der Waals surface area contributed by atoms with Gasteiger partial charge in [-0.3, -0.25) is 9.36 Å². The second-order valence-corrected chi connectivity index (χ2v) is 8.76. The Morgan fingerprint density at radius 3 is 2.60 bits per heavy atom. The minimum atomic E-state index is -0.383. The van der Waals surface area contributed by atoms with Crippen LogP contribution in [0.5, 0.6) is 0 Å². The lowest BCUT2D eigenvalue weighted by atomic mass is 10.2. The summed E-state index contributed by atoms with van der Waals surface area (Å²) in [5.74, 6) is -0.137. The van der Waals surface area contributed by atoms with Gasteiger partial charge in [-0.05, 0) is 67.9 Å². The molecule has 0 saturated carbocycles. The Balaban J connectivity index is 1.63. The van der Waals surface area contributed by atoms with E-state index in [0.29, 0.717) is 16.4 Å². The summed E-state index contributed by atoms with van der Waals surface area (Å²) in [6.45, 7) is 3.81. The number of halogens is 1. The molecule has 1 heterocycles. The van der Waals surface area contributed by atoms with Crippen LogP contribution in [0, 0.1) is 6.92 Å². The quantitative estimate of drug-likeness (QED) is 0.311. The van der Waals surface area contributed by atoms with Crippen LogP contribution in [0.25, 0.3) is 16.7 Å². The predicted molar refractivity (Wildman–Crippen MR) is 126 cm³/mol. The summed E-state index contributed by atoms with van der Waals surface area (Å²) in [7, 11) is 0. The zero-order valence-corrected chi connectivity index (χ0v) is 18.2. The predicted octanol–water partition coefficient (Wildman–Crippen LogP) is 5.69. The number of para-hydroxylation sites is 2. The molecule has 5 nitrogen and oxygen atoms in total. The number of nitrogens with zero attached hydrogens (tertiary/aromatic N) is 2. The molecular weight excluding hydrogens is 416 g/mol. The molecule has 0 bridgehead atoms. The van der Waals surface area contributed by atoms with E-state index < -0.39 is 0 Å². The molecule has 0 radical (unpaired) electrons. The number of benzene rings is 3. The number of carbonyl (C=O) groups excluding carboxylic acids is 1.